The molecule has 3 nitrogen and oxygen atoms in total. The van der Waals surface area contributed by atoms with E-state index in [9.17, 15) is 23.1 Å². The van der Waals surface area contributed by atoms with Gasteiger partial charge >= 0.3 is 12.1 Å². The summed E-state index contributed by atoms with van der Waals surface area (Å²) in [6.45, 7) is 4.87. The Hall–Kier alpha value is -1.56. The molecular weight excluding hydrogens is 285 g/mol. The molecule has 1 aromatic carbocycles. The van der Waals surface area contributed by atoms with Crippen molar-refractivity contribution in [1.29, 1.82) is 0 Å². The Morgan fingerprint density at radius 1 is 1.14 bits per heavy atom. The van der Waals surface area contributed by atoms with Gasteiger partial charge in [0.05, 0.1) is 18.6 Å². The van der Waals surface area contributed by atoms with Crippen LogP contribution in [0.3, 0.4) is 0 Å². The van der Waals surface area contributed by atoms with E-state index in [0.29, 0.717) is 0 Å². The quantitative estimate of drug-likeness (QED) is 0.868. The number of ether oxygens (including phenoxy) is 1. The number of hydrogen-bond donors (Lipinski definition) is 1. The molecule has 0 amide bonds. The van der Waals surface area contributed by atoms with Crippen LogP contribution in [-0.4, -0.2) is 18.2 Å². The summed E-state index contributed by atoms with van der Waals surface area (Å²) in [5.41, 5.74) is -2.19. The third-order valence-corrected chi connectivity index (χ3v) is 3.52. The minimum atomic E-state index is -4.44. The predicted molar refractivity (Wildman–Crippen MR) is 71.4 cm³/mol. The minimum absolute atomic E-state index is 0.236. The maximum absolute atomic E-state index is 12.5. The van der Waals surface area contributed by atoms with E-state index < -0.39 is 29.2 Å². The van der Waals surface area contributed by atoms with Gasteiger partial charge in [0.15, 0.2) is 0 Å². The number of rotatable bonds is 4. The van der Waals surface area contributed by atoms with Crippen molar-refractivity contribution < 1.29 is 27.8 Å². The molecule has 1 rings (SSSR count). The van der Waals surface area contributed by atoms with Gasteiger partial charge in [0, 0.05) is 0 Å². The van der Waals surface area contributed by atoms with Crippen molar-refractivity contribution in [3.05, 3.63) is 35.4 Å². The zero-order valence-corrected chi connectivity index (χ0v) is 12.4. The molecule has 0 aliphatic heterocycles. The van der Waals surface area contributed by atoms with E-state index >= 15 is 0 Å². The lowest BCUT2D eigenvalue weighted by Gasteiger charge is -2.34. The first-order valence-corrected chi connectivity index (χ1v) is 6.49. The highest BCUT2D eigenvalue weighted by Crippen LogP contribution is 2.37. The van der Waals surface area contributed by atoms with Crippen LogP contribution in [0.25, 0.3) is 0 Å². The van der Waals surface area contributed by atoms with Gasteiger partial charge in [-0.15, -0.1) is 0 Å². The van der Waals surface area contributed by atoms with Crippen molar-refractivity contribution in [3.63, 3.8) is 0 Å². The summed E-state index contributed by atoms with van der Waals surface area (Å²) in [6.07, 6.45) is -4.44. The average Bonchev–Trinajstić information content (AvgIpc) is 2.37. The van der Waals surface area contributed by atoms with Crippen molar-refractivity contribution in [2.45, 2.75) is 32.5 Å². The molecular formula is C15H19F3O3. The summed E-state index contributed by atoms with van der Waals surface area (Å²) < 4.78 is 42.3. The van der Waals surface area contributed by atoms with Crippen molar-refractivity contribution in [2.75, 3.05) is 7.11 Å². The van der Waals surface area contributed by atoms with Crippen LogP contribution in [0.1, 0.15) is 31.9 Å². The summed E-state index contributed by atoms with van der Waals surface area (Å²) in [6, 6.07) is 4.14. The van der Waals surface area contributed by atoms with Crippen LogP contribution in [0.2, 0.25) is 0 Å². The maximum atomic E-state index is 12.5. The Labute approximate surface area is 121 Å². The standard InChI is InChI=1S/C15H19F3O3/c1-9(2)12(13(19)21-4)14(3,20)10-5-7-11(8-6-10)15(16,17)18/h5-9,12,20H,1-4H3. The number of alkyl halides is 3. The molecule has 6 heteroatoms. The van der Waals surface area contributed by atoms with E-state index in [1.165, 1.54) is 26.2 Å². The lowest BCUT2D eigenvalue weighted by Crippen LogP contribution is -2.41. The molecule has 2 atom stereocenters. The van der Waals surface area contributed by atoms with E-state index in [-0.39, 0.29) is 11.5 Å². The molecule has 0 saturated carbocycles. The molecule has 0 aliphatic carbocycles. The van der Waals surface area contributed by atoms with Crippen molar-refractivity contribution in [2.24, 2.45) is 11.8 Å². The fourth-order valence-electron chi connectivity index (χ4n) is 2.45. The molecule has 21 heavy (non-hydrogen) atoms. The van der Waals surface area contributed by atoms with Crippen LogP contribution in [-0.2, 0) is 21.3 Å². The summed E-state index contributed by atoms with van der Waals surface area (Å²) in [4.78, 5) is 11.8. The molecule has 1 N–H and O–H groups in total. The second-order valence-corrected chi connectivity index (χ2v) is 5.47. The molecule has 0 radical (unpaired) electrons. The smallest absolute Gasteiger partial charge is 0.416 e. The topological polar surface area (TPSA) is 46.5 Å². The summed E-state index contributed by atoms with van der Waals surface area (Å²) in [7, 11) is 1.21. The largest absolute Gasteiger partial charge is 0.469 e. The Bertz CT molecular complexity index is 490. The zero-order chi connectivity index (χ0) is 16.4. The van der Waals surface area contributed by atoms with Crippen LogP contribution in [0, 0.1) is 11.8 Å². The molecule has 2 unspecified atom stereocenters. The van der Waals surface area contributed by atoms with E-state index in [1.54, 1.807) is 13.8 Å². The fraction of sp³-hybridized carbons (Fsp3) is 0.533. The fourth-order valence-corrected chi connectivity index (χ4v) is 2.45. The van der Waals surface area contributed by atoms with E-state index in [4.69, 9.17) is 0 Å². The molecule has 0 heterocycles. The van der Waals surface area contributed by atoms with Gasteiger partial charge in [-0.05, 0) is 30.5 Å². The summed E-state index contributed by atoms with van der Waals surface area (Å²) >= 11 is 0. The first-order chi connectivity index (χ1) is 9.51. The number of halogens is 3. The zero-order valence-electron chi connectivity index (χ0n) is 12.4. The van der Waals surface area contributed by atoms with Crippen molar-refractivity contribution >= 4 is 5.97 Å². The Kier molecular flexibility index (Phi) is 5.04. The second-order valence-electron chi connectivity index (χ2n) is 5.47. The number of esters is 1. The molecule has 0 saturated heterocycles. The minimum Gasteiger partial charge on any atom is -0.469 e. The first-order valence-electron chi connectivity index (χ1n) is 6.49. The molecule has 0 fully saturated rings. The Morgan fingerprint density at radius 2 is 1.57 bits per heavy atom. The monoisotopic (exact) mass is 304 g/mol. The number of methoxy groups -OCH3 is 1. The van der Waals surface area contributed by atoms with E-state index in [0.717, 1.165) is 12.1 Å². The highest BCUT2D eigenvalue weighted by molar-refractivity contribution is 5.74. The van der Waals surface area contributed by atoms with Gasteiger partial charge in [-0.3, -0.25) is 4.79 Å². The average molecular weight is 304 g/mol. The van der Waals surface area contributed by atoms with Crippen molar-refractivity contribution in [1.82, 2.24) is 0 Å². The third-order valence-electron chi connectivity index (χ3n) is 3.52. The lowest BCUT2D eigenvalue weighted by atomic mass is 9.76. The maximum Gasteiger partial charge on any atom is 0.416 e. The Balaban J connectivity index is 3.19. The third kappa shape index (κ3) is 3.75. The summed E-state index contributed by atoms with van der Waals surface area (Å²) in [5, 5.41) is 10.6. The predicted octanol–water partition coefficient (Wildman–Crippen LogP) is 3.36. The number of benzene rings is 1. The first kappa shape index (κ1) is 17.5. The highest BCUT2D eigenvalue weighted by atomic mass is 19.4. The molecule has 118 valence electrons. The molecule has 0 aromatic heterocycles. The van der Waals surface area contributed by atoms with Crippen LogP contribution >= 0.6 is 0 Å². The number of carbonyl (C=O) groups is 1. The van der Waals surface area contributed by atoms with Crippen LogP contribution in [0.5, 0.6) is 0 Å². The normalized spacial score (nSPS) is 16.4. The Morgan fingerprint density at radius 3 is 1.90 bits per heavy atom. The van der Waals surface area contributed by atoms with Crippen LogP contribution < -0.4 is 0 Å². The SMILES string of the molecule is COC(=O)C(C(C)C)C(C)(O)c1ccc(C(F)(F)F)cc1. The number of carbonyl (C=O) groups excluding carboxylic acids is 1. The van der Waals surface area contributed by atoms with Crippen molar-refractivity contribution in [3.8, 4) is 0 Å². The van der Waals surface area contributed by atoms with Gasteiger partial charge in [-0.1, -0.05) is 26.0 Å². The van der Waals surface area contributed by atoms with E-state index in [2.05, 4.69) is 4.74 Å². The molecule has 0 spiro atoms. The summed E-state index contributed by atoms with van der Waals surface area (Å²) in [5.74, 6) is -1.72. The van der Waals surface area contributed by atoms with Gasteiger partial charge < -0.3 is 9.84 Å². The lowest BCUT2D eigenvalue weighted by molar-refractivity contribution is -0.159. The molecule has 0 aliphatic rings. The van der Waals surface area contributed by atoms with Gasteiger partial charge in [-0.25, -0.2) is 0 Å². The van der Waals surface area contributed by atoms with Gasteiger partial charge in [-0.2, -0.15) is 13.2 Å². The molecule has 0 bridgehead atoms. The van der Waals surface area contributed by atoms with Crippen LogP contribution in [0.15, 0.2) is 24.3 Å². The van der Waals surface area contributed by atoms with Gasteiger partial charge in [0.2, 0.25) is 0 Å². The second kappa shape index (κ2) is 6.05. The van der Waals surface area contributed by atoms with Gasteiger partial charge in [0.25, 0.3) is 0 Å². The van der Waals surface area contributed by atoms with Crippen LogP contribution in [0.4, 0.5) is 13.2 Å². The van der Waals surface area contributed by atoms with E-state index in [1.807, 2.05) is 0 Å². The number of hydrogen-bond acceptors (Lipinski definition) is 3. The molecule has 1 aromatic rings. The van der Waals surface area contributed by atoms with Gasteiger partial charge in [0.1, 0.15) is 5.60 Å². The number of aliphatic hydroxyl groups is 1. The highest BCUT2D eigenvalue weighted by Gasteiger charge is 2.42.